The predicted molar refractivity (Wildman–Crippen MR) is 87.1 cm³/mol. The molecule has 1 unspecified atom stereocenters. The molecule has 0 aliphatic carbocycles. The van der Waals surface area contributed by atoms with Gasteiger partial charge in [0.1, 0.15) is 0 Å². The van der Waals surface area contributed by atoms with Crippen LogP contribution in [0.3, 0.4) is 0 Å². The summed E-state index contributed by atoms with van der Waals surface area (Å²) in [7, 11) is 0. The Morgan fingerprint density at radius 1 is 1.25 bits per heavy atom. The number of rotatable bonds is 10. The van der Waals surface area contributed by atoms with Crippen LogP contribution in [0.2, 0.25) is 0 Å². The Morgan fingerprint density at radius 3 is 2.55 bits per heavy atom. The first-order chi connectivity index (χ1) is 9.62. The lowest BCUT2D eigenvalue weighted by Crippen LogP contribution is -2.34. The minimum Gasteiger partial charge on any atom is -0.314 e. The first-order valence-electron chi connectivity index (χ1n) is 8.41. The highest BCUT2D eigenvalue weighted by Crippen LogP contribution is 2.14. The third-order valence-electron chi connectivity index (χ3n) is 3.98. The molecular formula is C17H33N3. The molecule has 1 heterocycles. The Hall–Kier alpha value is -0.830. The molecule has 1 atom stereocenters. The summed E-state index contributed by atoms with van der Waals surface area (Å²) in [5.74, 6) is 0.712. The highest BCUT2D eigenvalue weighted by molar-refractivity contribution is 5.10. The van der Waals surface area contributed by atoms with E-state index in [-0.39, 0.29) is 0 Å². The molecule has 1 aromatic rings. The van der Waals surface area contributed by atoms with E-state index in [1.165, 1.54) is 30.7 Å². The van der Waals surface area contributed by atoms with Crippen molar-refractivity contribution in [2.75, 3.05) is 6.54 Å². The van der Waals surface area contributed by atoms with Crippen LogP contribution in [0.15, 0.2) is 6.07 Å². The maximum absolute atomic E-state index is 4.63. The summed E-state index contributed by atoms with van der Waals surface area (Å²) in [5.41, 5.74) is 2.63. The first-order valence-corrected chi connectivity index (χ1v) is 8.41. The summed E-state index contributed by atoms with van der Waals surface area (Å²) in [5, 5.41) is 8.31. The van der Waals surface area contributed by atoms with E-state index in [2.05, 4.69) is 55.8 Å². The maximum atomic E-state index is 4.63. The average molecular weight is 279 g/mol. The fourth-order valence-electron chi connectivity index (χ4n) is 2.67. The predicted octanol–water partition coefficient (Wildman–Crippen LogP) is 3.81. The lowest BCUT2D eigenvalue weighted by Gasteiger charge is -2.22. The van der Waals surface area contributed by atoms with E-state index in [1.54, 1.807) is 0 Å². The summed E-state index contributed by atoms with van der Waals surface area (Å²) < 4.78 is 2.17. The minimum absolute atomic E-state index is 0.651. The van der Waals surface area contributed by atoms with Gasteiger partial charge in [-0.2, -0.15) is 5.10 Å². The number of aryl methyl sites for hydroxylation is 3. The van der Waals surface area contributed by atoms with Gasteiger partial charge < -0.3 is 5.32 Å². The molecule has 0 fully saturated rings. The third kappa shape index (κ3) is 5.28. The quantitative estimate of drug-likeness (QED) is 0.706. The molecule has 1 rings (SSSR count). The van der Waals surface area contributed by atoms with Crippen LogP contribution in [-0.2, 0) is 19.4 Å². The molecule has 3 nitrogen and oxygen atoms in total. The largest absolute Gasteiger partial charge is 0.314 e. The SMILES string of the molecule is CCCNC(CCCc1cc(CC)nn1CC)C(C)C. The van der Waals surface area contributed by atoms with Crippen LogP contribution in [0, 0.1) is 5.92 Å². The van der Waals surface area contributed by atoms with Gasteiger partial charge in [0.2, 0.25) is 0 Å². The number of aromatic nitrogens is 2. The lowest BCUT2D eigenvalue weighted by atomic mass is 9.97. The maximum Gasteiger partial charge on any atom is 0.0624 e. The smallest absolute Gasteiger partial charge is 0.0624 e. The van der Waals surface area contributed by atoms with Crippen molar-refractivity contribution in [2.24, 2.45) is 5.92 Å². The van der Waals surface area contributed by atoms with Crippen molar-refractivity contribution in [3.05, 3.63) is 17.5 Å². The van der Waals surface area contributed by atoms with Crippen molar-refractivity contribution >= 4 is 0 Å². The van der Waals surface area contributed by atoms with Gasteiger partial charge in [0.05, 0.1) is 5.69 Å². The Bertz CT molecular complexity index is 368. The molecule has 0 bridgehead atoms. The summed E-state index contributed by atoms with van der Waals surface area (Å²) in [6.07, 6.45) is 5.90. The molecule has 0 aromatic carbocycles. The average Bonchev–Trinajstić information content (AvgIpc) is 2.84. The number of hydrogen-bond acceptors (Lipinski definition) is 2. The standard InChI is InChI=1S/C17H33N3/c1-6-12-18-17(14(4)5)11-9-10-16-13-15(7-2)19-20(16)8-3/h13-14,17-18H,6-12H2,1-5H3. The molecule has 1 aromatic heterocycles. The monoisotopic (exact) mass is 279 g/mol. The zero-order valence-electron chi connectivity index (χ0n) is 14.1. The fraction of sp³-hybridized carbons (Fsp3) is 0.824. The van der Waals surface area contributed by atoms with Crippen molar-refractivity contribution in [1.82, 2.24) is 15.1 Å². The van der Waals surface area contributed by atoms with Gasteiger partial charge in [-0.05, 0) is 57.6 Å². The van der Waals surface area contributed by atoms with Gasteiger partial charge in [-0.3, -0.25) is 4.68 Å². The van der Waals surface area contributed by atoms with Gasteiger partial charge in [-0.15, -0.1) is 0 Å². The Balaban J connectivity index is 2.47. The molecule has 0 saturated heterocycles. The third-order valence-corrected chi connectivity index (χ3v) is 3.98. The van der Waals surface area contributed by atoms with Crippen molar-refractivity contribution in [3.63, 3.8) is 0 Å². The second-order valence-corrected chi connectivity index (χ2v) is 5.99. The minimum atomic E-state index is 0.651. The van der Waals surface area contributed by atoms with E-state index in [1.807, 2.05) is 0 Å². The Kier molecular flexibility index (Phi) is 7.90. The zero-order chi connectivity index (χ0) is 15.0. The summed E-state index contributed by atoms with van der Waals surface area (Å²) in [4.78, 5) is 0. The fourth-order valence-corrected chi connectivity index (χ4v) is 2.67. The van der Waals surface area contributed by atoms with Crippen molar-refractivity contribution in [3.8, 4) is 0 Å². The molecule has 1 N–H and O–H groups in total. The van der Waals surface area contributed by atoms with Crippen molar-refractivity contribution in [1.29, 1.82) is 0 Å². The topological polar surface area (TPSA) is 29.9 Å². The van der Waals surface area contributed by atoms with Crippen molar-refractivity contribution in [2.45, 2.75) is 79.3 Å². The first kappa shape index (κ1) is 17.2. The van der Waals surface area contributed by atoms with Gasteiger partial charge in [-0.1, -0.05) is 27.7 Å². The lowest BCUT2D eigenvalue weighted by molar-refractivity contribution is 0.369. The highest BCUT2D eigenvalue weighted by Gasteiger charge is 2.13. The zero-order valence-corrected chi connectivity index (χ0v) is 14.1. The van der Waals surface area contributed by atoms with Gasteiger partial charge in [0, 0.05) is 18.3 Å². The van der Waals surface area contributed by atoms with Gasteiger partial charge in [0.15, 0.2) is 0 Å². The summed E-state index contributed by atoms with van der Waals surface area (Å²) in [6.45, 7) is 13.3. The number of nitrogens with zero attached hydrogens (tertiary/aromatic N) is 2. The van der Waals surface area contributed by atoms with E-state index < -0.39 is 0 Å². The highest BCUT2D eigenvalue weighted by atomic mass is 15.3. The van der Waals surface area contributed by atoms with Crippen LogP contribution >= 0.6 is 0 Å². The van der Waals surface area contributed by atoms with Gasteiger partial charge in [0.25, 0.3) is 0 Å². The molecular weight excluding hydrogens is 246 g/mol. The Labute approximate surface area is 125 Å². The molecule has 116 valence electrons. The van der Waals surface area contributed by atoms with E-state index in [0.717, 1.165) is 25.9 Å². The van der Waals surface area contributed by atoms with Crippen LogP contribution < -0.4 is 5.32 Å². The molecule has 20 heavy (non-hydrogen) atoms. The molecule has 0 radical (unpaired) electrons. The second-order valence-electron chi connectivity index (χ2n) is 5.99. The molecule has 0 amide bonds. The van der Waals surface area contributed by atoms with Crippen molar-refractivity contribution < 1.29 is 0 Å². The van der Waals surface area contributed by atoms with Crippen LogP contribution in [-0.4, -0.2) is 22.4 Å². The van der Waals surface area contributed by atoms with Crippen LogP contribution in [0.25, 0.3) is 0 Å². The molecule has 0 aliphatic rings. The second kappa shape index (κ2) is 9.17. The van der Waals surface area contributed by atoms with Crippen LogP contribution in [0.1, 0.15) is 65.3 Å². The number of nitrogens with one attached hydrogen (secondary N) is 1. The van der Waals surface area contributed by atoms with E-state index in [0.29, 0.717) is 12.0 Å². The van der Waals surface area contributed by atoms with Gasteiger partial charge in [-0.25, -0.2) is 0 Å². The summed E-state index contributed by atoms with van der Waals surface area (Å²) >= 11 is 0. The van der Waals surface area contributed by atoms with Gasteiger partial charge >= 0.3 is 0 Å². The molecule has 0 aliphatic heterocycles. The Morgan fingerprint density at radius 2 is 2.00 bits per heavy atom. The van der Waals surface area contributed by atoms with Crippen LogP contribution in [0.4, 0.5) is 0 Å². The molecule has 0 spiro atoms. The van der Waals surface area contributed by atoms with E-state index in [9.17, 15) is 0 Å². The van der Waals surface area contributed by atoms with E-state index >= 15 is 0 Å². The normalized spacial score (nSPS) is 13.1. The molecule has 0 saturated carbocycles. The molecule has 3 heteroatoms. The summed E-state index contributed by atoms with van der Waals surface area (Å²) in [6, 6.07) is 2.94. The van der Waals surface area contributed by atoms with Crippen LogP contribution in [0.5, 0.6) is 0 Å². The van der Waals surface area contributed by atoms with E-state index in [4.69, 9.17) is 0 Å². The number of hydrogen-bond donors (Lipinski definition) is 1.